The smallest absolute Gasteiger partial charge is 0.269 e. The van der Waals surface area contributed by atoms with Crippen molar-refractivity contribution in [1.29, 1.82) is 0 Å². The van der Waals surface area contributed by atoms with Gasteiger partial charge in [-0.15, -0.1) is 0 Å². The number of anilines is 1. The summed E-state index contributed by atoms with van der Waals surface area (Å²) in [7, 11) is -8.58. The molecule has 0 heterocycles. The highest BCUT2D eigenvalue weighted by Crippen LogP contribution is 2.25. The quantitative estimate of drug-likeness (QED) is 0.297. The van der Waals surface area contributed by atoms with Gasteiger partial charge >= 0.3 is 0 Å². The molecular weight excluding hydrogens is 570 g/mol. The molecule has 3 aromatic rings. The number of rotatable bonds is 8. The van der Waals surface area contributed by atoms with Crippen molar-refractivity contribution in [3.63, 3.8) is 0 Å². The number of hydrogen-bond donors (Lipinski definition) is 4. The highest BCUT2D eigenvalue weighted by Gasteiger charge is 2.25. The van der Waals surface area contributed by atoms with Gasteiger partial charge in [0, 0.05) is 16.3 Å². The number of nitrogens with one attached hydrogen (secondary N) is 4. The van der Waals surface area contributed by atoms with Gasteiger partial charge in [0.2, 0.25) is 10.0 Å². The van der Waals surface area contributed by atoms with E-state index < -0.39 is 53.5 Å². The van der Waals surface area contributed by atoms with Crippen LogP contribution in [0.15, 0.2) is 76.5 Å². The van der Waals surface area contributed by atoms with E-state index in [1.807, 2.05) is 10.1 Å². The zero-order valence-electron chi connectivity index (χ0n) is 18.8. The molecule has 37 heavy (non-hydrogen) atoms. The lowest BCUT2D eigenvalue weighted by Crippen LogP contribution is -2.51. The molecule has 3 rings (SSSR count). The van der Waals surface area contributed by atoms with Crippen LogP contribution < -0.4 is 20.3 Å². The summed E-state index contributed by atoms with van der Waals surface area (Å²) in [6, 6.07) is 12.4. The molecule has 0 bridgehead atoms. The van der Waals surface area contributed by atoms with Crippen LogP contribution in [0.25, 0.3) is 0 Å². The van der Waals surface area contributed by atoms with Gasteiger partial charge in [-0.05, 0) is 61.5 Å². The maximum Gasteiger partial charge on any atom is 0.269 e. The van der Waals surface area contributed by atoms with Gasteiger partial charge in [-0.2, -0.15) is 4.72 Å². The van der Waals surface area contributed by atoms with Crippen molar-refractivity contribution in [1.82, 2.24) is 15.6 Å². The van der Waals surface area contributed by atoms with Crippen LogP contribution in [-0.4, -0.2) is 34.7 Å². The molecule has 4 N–H and O–H groups in total. The van der Waals surface area contributed by atoms with Crippen molar-refractivity contribution in [3.8, 4) is 0 Å². The van der Waals surface area contributed by atoms with Gasteiger partial charge in [0.1, 0.15) is 15.6 Å². The first kappa shape index (κ1) is 28.3. The van der Waals surface area contributed by atoms with E-state index in [2.05, 4.69) is 10.1 Å². The molecule has 0 aliphatic rings. The maximum atomic E-state index is 13.8. The average Bonchev–Trinajstić information content (AvgIpc) is 2.83. The SMILES string of the molecule is C[C@@H](NS(=O)(=O)c1ccccc1F)C(=O)NNC(=O)c1ccc(Cl)c(S(=O)(=O)Nc2ccc(Cl)cc2)c1. The number of halogens is 3. The predicted molar refractivity (Wildman–Crippen MR) is 136 cm³/mol. The first-order valence-corrected chi connectivity index (χ1v) is 14.0. The highest BCUT2D eigenvalue weighted by molar-refractivity contribution is 7.92. The molecule has 0 saturated carbocycles. The molecule has 0 aliphatic heterocycles. The van der Waals surface area contributed by atoms with Crippen LogP contribution in [0.5, 0.6) is 0 Å². The second kappa shape index (κ2) is 11.4. The minimum absolute atomic E-state index is 0.168. The summed E-state index contributed by atoms with van der Waals surface area (Å²) < 4.78 is 68.4. The van der Waals surface area contributed by atoms with E-state index in [0.717, 1.165) is 18.2 Å². The van der Waals surface area contributed by atoms with Crippen LogP contribution >= 0.6 is 23.2 Å². The first-order chi connectivity index (χ1) is 17.3. The zero-order chi connectivity index (χ0) is 27.4. The standard InChI is InChI=1S/C22H19Cl2FN4O6S2/c1-13(28-36(32,33)19-5-3-2-4-18(19)25)21(30)26-27-22(31)14-6-11-17(24)20(12-14)37(34,35)29-16-9-7-15(23)8-10-16/h2-13,28-29H,1H3,(H,26,30)(H,27,31)/t13-/m1/s1. The van der Waals surface area contributed by atoms with Gasteiger partial charge < -0.3 is 0 Å². The molecule has 1 atom stereocenters. The number of carbonyl (C=O) groups is 2. The molecule has 0 spiro atoms. The summed E-state index contributed by atoms with van der Waals surface area (Å²) in [6.07, 6.45) is 0. The minimum atomic E-state index is -4.38. The summed E-state index contributed by atoms with van der Waals surface area (Å²) in [5.41, 5.74) is 4.09. The van der Waals surface area contributed by atoms with Crippen LogP contribution in [0.3, 0.4) is 0 Å². The maximum absolute atomic E-state index is 13.8. The number of sulfonamides is 2. The van der Waals surface area contributed by atoms with Gasteiger partial charge in [-0.3, -0.25) is 25.2 Å². The molecular formula is C22H19Cl2FN4O6S2. The van der Waals surface area contributed by atoms with Crippen LogP contribution in [0.4, 0.5) is 10.1 Å². The molecule has 3 aromatic carbocycles. The topological polar surface area (TPSA) is 151 Å². The van der Waals surface area contributed by atoms with Gasteiger partial charge in [-0.1, -0.05) is 35.3 Å². The number of carbonyl (C=O) groups excluding carboxylic acids is 2. The minimum Gasteiger partial charge on any atom is -0.280 e. The molecule has 0 aliphatic carbocycles. The Kier molecular flexibility index (Phi) is 8.76. The largest absolute Gasteiger partial charge is 0.280 e. The van der Waals surface area contributed by atoms with Crippen molar-refractivity contribution in [2.45, 2.75) is 22.8 Å². The van der Waals surface area contributed by atoms with Crippen LogP contribution in [0, 0.1) is 5.82 Å². The number of benzene rings is 3. The Labute approximate surface area is 222 Å². The number of hydrogen-bond acceptors (Lipinski definition) is 6. The fraction of sp³-hybridized carbons (Fsp3) is 0.0909. The molecule has 0 aromatic heterocycles. The van der Waals surface area contributed by atoms with E-state index in [0.29, 0.717) is 5.02 Å². The van der Waals surface area contributed by atoms with Gasteiger partial charge in [-0.25, -0.2) is 21.2 Å². The summed E-state index contributed by atoms with van der Waals surface area (Å²) >= 11 is 11.8. The Morgan fingerprint density at radius 1 is 0.838 bits per heavy atom. The second-order valence-corrected chi connectivity index (χ2v) is 11.7. The molecule has 196 valence electrons. The molecule has 15 heteroatoms. The first-order valence-electron chi connectivity index (χ1n) is 10.2. The molecule has 0 fully saturated rings. The van der Waals surface area contributed by atoms with E-state index in [-0.39, 0.29) is 16.3 Å². The van der Waals surface area contributed by atoms with Crippen molar-refractivity contribution >= 4 is 60.8 Å². The molecule has 10 nitrogen and oxygen atoms in total. The van der Waals surface area contributed by atoms with Crippen molar-refractivity contribution in [2.75, 3.05) is 4.72 Å². The predicted octanol–water partition coefficient (Wildman–Crippen LogP) is 3.06. The van der Waals surface area contributed by atoms with E-state index in [1.54, 1.807) is 0 Å². The third-order valence-electron chi connectivity index (χ3n) is 4.73. The monoisotopic (exact) mass is 588 g/mol. The van der Waals surface area contributed by atoms with E-state index in [4.69, 9.17) is 23.2 Å². The Morgan fingerprint density at radius 2 is 1.49 bits per heavy atom. The van der Waals surface area contributed by atoms with Crippen molar-refractivity contribution in [2.24, 2.45) is 0 Å². The molecule has 0 unspecified atom stereocenters. The normalized spacial score (nSPS) is 12.4. The summed E-state index contributed by atoms with van der Waals surface area (Å²) in [4.78, 5) is 23.8. The highest BCUT2D eigenvalue weighted by atomic mass is 35.5. The van der Waals surface area contributed by atoms with Gasteiger partial charge in [0.05, 0.1) is 11.1 Å². The molecule has 0 saturated heterocycles. The van der Waals surface area contributed by atoms with Gasteiger partial charge in [0.15, 0.2) is 0 Å². The van der Waals surface area contributed by atoms with E-state index >= 15 is 0 Å². The van der Waals surface area contributed by atoms with Crippen LogP contribution in [0.2, 0.25) is 10.0 Å². The number of hydrazine groups is 1. The Hall–Kier alpha value is -3.23. The average molecular weight is 589 g/mol. The third kappa shape index (κ3) is 7.17. The zero-order valence-corrected chi connectivity index (χ0v) is 22.0. The lowest BCUT2D eigenvalue weighted by atomic mass is 10.2. The van der Waals surface area contributed by atoms with Crippen molar-refractivity contribution < 1.29 is 30.8 Å². The fourth-order valence-corrected chi connectivity index (χ4v) is 5.88. The molecule has 2 amide bonds. The summed E-state index contributed by atoms with van der Waals surface area (Å²) in [6.45, 7) is 1.18. The lowest BCUT2D eigenvalue weighted by Gasteiger charge is -2.15. The van der Waals surface area contributed by atoms with Crippen LogP contribution in [-0.2, 0) is 24.8 Å². The third-order valence-corrected chi connectivity index (χ3v) is 8.42. The Balaban J connectivity index is 1.68. The summed E-state index contributed by atoms with van der Waals surface area (Å²) in [5.74, 6) is -2.90. The van der Waals surface area contributed by atoms with E-state index in [9.17, 15) is 30.8 Å². The van der Waals surface area contributed by atoms with E-state index in [1.165, 1.54) is 55.5 Å². The summed E-state index contributed by atoms with van der Waals surface area (Å²) in [5, 5.41) is 0.231. The Morgan fingerprint density at radius 3 is 2.14 bits per heavy atom. The number of amides is 2. The van der Waals surface area contributed by atoms with Gasteiger partial charge in [0.25, 0.3) is 21.8 Å². The lowest BCUT2D eigenvalue weighted by molar-refractivity contribution is -0.123. The van der Waals surface area contributed by atoms with Crippen LogP contribution in [0.1, 0.15) is 17.3 Å². The second-order valence-electron chi connectivity index (χ2n) is 7.47. The fourth-order valence-electron chi connectivity index (χ4n) is 2.89. The van der Waals surface area contributed by atoms with Crippen molar-refractivity contribution in [3.05, 3.63) is 88.2 Å². The molecule has 0 radical (unpaired) electrons. The Bertz CT molecular complexity index is 1550.